The molecule has 1 saturated heterocycles. The fourth-order valence-electron chi connectivity index (χ4n) is 2.87. The molecule has 0 radical (unpaired) electrons. The highest BCUT2D eigenvalue weighted by atomic mass is 32.1. The van der Waals surface area contributed by atoms with Crippen LogP contribution in [0.4, 0.5) is 0 Å². The zero-order valence-electron chi connectivity index (χ0n) is 13.2. The summed E-state index contributed by atoms with van der Waals surface area (Å²) in [5.41, 5.74) is 0.465. The lowest BCUT2D eigenvalue weighted by Gasteiger charge is -2.33. The largest absolute Gasteiger partial charge is 0.488 e. The number of aliphatic carboxylic acids is 1. The van der Waals surface area contributed by atoms with Crippen LogP contribution in [-0.2, 0) is 11.4 Å². The minimum Gasteiger partial charge on any atom is -0.488 e. The number of carboxylic acid groups (broad SMARTS) is 1. The van der Waals surface area contributed by atoms with E-state index in [4.69, 9.17) is 4.74 Å². The number of nitrogens with zero attached hydrogens (tertiary/aromatic N) is 1. The molecule has 6 heteroatoms. The van der Waals surface area contributed by atoms with E-state index in [1.54, 1.807) is 35.6 Å². The summed E-state index contributed by atoms with van der Waals surface area (Å²) in [4.78, 5) is 26.7. The van der Waals surface area contributed by atoms with Crippen LogP contribution in [0.25, 0.3) is 0 Å². The van der Waals surface area contributed by atoms with Gasteiger partial charge in [0.1, 0.15) is 18.4 Å². The van der Waals surface area contributed by atoms with E-state index in [-0.39, 0.29) is 5.91 Å². The van der Waals surface area contributed by atoms with Gasteiger partial charge in [-0.05, 0) is 48.9 Å². The summed E-state index contributed by atoms with van der Waals surface area (Å²) in [5, 5.41) is 11.3. The van der Waals surface area contributed by atoms with Crippen molar-refractivity contribution < 1.29 is 19.4 Å². The van der Waals surface area contributed by atoms with Crippen molar-refractivity contribution in [3.05, 3.63) is 52.2 Å². The molecule has 0 saturated carbocycles. The van der Waals surface area contributed by atoms with Crippen molar-refractivity contribution in [1.29, 1.82) is 0 Å². The number of thiophene rings is 1. The molecular weight excluding hydrogens is 326 g/mol. The van der Waals surface area contributed by atoms with Crippen molar-refractivity contribution in [2.24, 2.45) is 0 Å². The van der Waals surface area contributed by atoms with E-state index < -0.39 is 12.0 Å². The first-order chi connectivity index (χ1) is 11.6. The third-order valence-electron chi connectivity index (χ3n) is 4.09. The van der Waals surface area contributed by atoms with Crippen LogP contribution in [0.5, 0.6) is 5.75 Å². The van der Waals surface area contributed by atoms with Gasteiger partial charge in [0, 0.05) is 17.0 Å². The highest BCUT2D eigenvalue weighted by Gasteiger charge is 2.32. The summed E-state index contributed by atoms with van der Waals surface area (Å²) in [5.74, 6) is -0.574. The highest BCUT2D eigenvalue weighted by molar-refractivity contribution is 7.09. The number of benzene rings is 1. The normalized spacial score (nSPS) is 17.5. The molecule has 1 fully saturated rings. The van der Waals surface area contributed by atoms with Crippen LogP contribution in [0.1, 0.15) is 34.5 Å². The Hall–Kier alpha value is -2.34. The van der Waals surface area contributed by atoms with Crippen LogP contribution in [0, 0.1) is 0 Å². The van der Waals surface area contributed by atoms with Crippen LogP contribution in [0.2, 0.25) is 0 Å². The van der Waals surface area contributed by atoms with E-state index in [1.807, 2.05) is 17.5 Å². The second-order valence-electron chi connectivity index (χ2n) is 5.74. The maximum Gasteiger partial charge on any atom is 0.326 e. The van der Waals surface area contributed by atoms with E-state index in [1.165, 1.54) is 4.90 Å². The van der Waals surface area contributed by atoms with Gasteiger partial charge in [-0.3, -0.25) is 4.79 Å². The van der Waals surface area contributed by atoms with Gasteiger partial charge in [0.2, 0.25) is 0 Å². The number of rotatable bonds is 5. The number of hydrogen-bond donors (Lipinski definition) is 1. The molecule has 0 bridgehead atoms. The lowest BCUT2D eigenvalue weighted by molar-refractivity contribution is -0.143. The molecule has 5 nitrogen and oxygen atoms in total. The standard InChI is InChI=1S/C18H19NO4S/c20-17(19-9-2-1-8-16(19)18(21)22)13-5-3-6-14(11-13)23-12-15-7-4-10-24-15/h3-7,10-11,16H,1-2,8-9,12H2,(H,21,22). The van der Waals surface area contributed by atoms with Crippen molar-refractivity contribution >= 4 is 23.2 Å². The summed E-state index contributed by atoms with van der Waals surface area (Å²) in [7, 11) is 0. The number of piperidine rings is 1. The van der Waals surface area contributed by atoms with Crippen LogP contribution in [-0.4, -0.2) is 34.5 Å². The third kappa shape index (κ3) is 3.76. The lowest BCUT2D eigenvalue weighted by Crippen LogP contribution is -2.47. The smallest absolute Gasteiger partial charge is 0.326 e. The van der Waals surface area contributed by atoms with Gasteiger partial charge in [0.25, 0.3) is 5.91 Å². The Morgan fingerprint density at radius 3 is 2.88 bits per heavy atom. The third-order valence-corrected chi connectivity index (χ3v) is 4.94. The number of carbonyl (C=O) groups is 2. The van der Waals surface area contributed by atoms with Gasteiger partial charge in [-0.1, -0.05) is 12.1 Å². The van der Waals surface area contributed by atoms with Gasteiger partial charge in [-0.25, -0.2) is 4.79 Å². The number of carbonyl (C=O) groups excluding carboxylic acids is 1. The average Bonchev–Trinajstić information content (AvgIpc) is 3.13. The van der Waals surface area contributed by atoms with Gasteiger partial charge in [0.15, 0.2) is 0 Å². The summed E-state index contributed by atoms with van der Waals surface area (Å²) in [6.07, 6.45) is 2.18. The number of hydrogen-bond acceptors (Lipinski definition) is 4. The summed E-state index contributed by atoms with van der Waals surface area (Å²) in [6.45, 7) is 0.937. The van der Waals surface area contributed by atoms with Crippen LogP contribution < -0.4 is 4.74 Å². The van der Waals surface area contributed by atoms with Crippen molar-refractivity contribution in [3.8, 4) is 5.75 Å². The zero-order valence-corrected chi connectivity index (χ0v) is 14.0. The molecule has 126 valence electrons. The summed E-state index contributed by atoms with van der Waals surface area (Å²) >= 11 is 1.61. The monoisotopic (exact) mass is 345 g/mol. The number of carboxylic acids is 1. The highest BCUT2D eigenvalue weighted by Crippen LogP contribution is 2.22. The molecule has 0 aliphatic carbocycles. The molecule has 1 aromatic carbocycles. The number of ether oxygens (including phenoxy) is 1. The van der Waals surface area contributed by atoms with Crippen molar-refractivity contribution in [1.82, 2.24) is 4.90 Å². The molecule has 1 aromatic heterocycles. The number of likely N-dealkylation sites (tertiary alicyclic amines) is 1. The fourth-order valence-corrected chi connectivity index (χ4v) is 3.48. The Labute approximate surface area is 144 Å². The Kier molecular flexibility index (Phi) is 5.15. The molecule has 1 atom stereocenters. The van der Waals surface area contributed by atoms with Crippen molar-refractivity contribution in [2.75, 3.05) is 6.54 Å². The number of amides is 1. The first-order valence-corrected chi connectivity index (χ1v) is 8.82. The second kappa shape index (κ2) is 7.49. The topological polar surface area (TPSA) is 66.8 Å². The predicted octanol–water partition coefficient (Wildman–Crippen LogP) is 3.41. The van der Waals surface area contributed by atoms with E-state index in [9.17, 15) is 14.7 Å². The molecule has 2 aromatic rings. The molecule has 24 heavy (non-hydrogen) atoms. The molecule has 1 N–H and O–H groups in total. The Morgan fingerprint density at radius 1 is 1.25 bits per heavy atom. The average molecular weight is 345 g/mol. The Morgan fingerprint density at radius 2 is 2.12 bits per heavy atom. The molecule has 1 aliphatic heterocycles. The maximum absolute atomic E-state index is 12.7. The van der Waals surface area contributed by atoms with Gasteiger partial charge in [-0.2, -0.15) is 0 Å². The first-order valence-electron chi connectivity index (χ1n) is 7.94. The van der Waals surface area contributed by atoms with E-state index in [0.29, 0.717) is 30.9 Å². The summed E-state index contributed by atoms with van der Waals surface area (Å²) in [6, 6.07) is 10.2. The zero-order chi connectivity index (χ0) is 16.9. The molecule has 1 unspecified atom stereocenters. The fraction of sp³-hybridized carbons (Fsp3) is 0.333. The minimum absolute atomic E-state index is 0.247. The first kappa shape index (κ1) is 16.5. The lowest BCUT2D eigenvalue weighted by atomic mass is 10.0. The van der Waals surface area contributed by atoms with Gasteiger partial charge in [0.05, 0.1) is 0 Å². The van der Waals surface area contributed by atoms with Gasteiger partial charge in [-0.15, -0.1) is 11.3 Å². The van der Waals surface area contributed by atoms with Crippen molar-refractivity contribution in [2.45, 2.75) is 31.9 Å². The van der Waals surface area contributed by atoms with Gasteiger partial charge < -0.3 is 14.7 Å². The molecule has 1 amide bonds. The van der Waals surface area contributed by atoms with Gasteiger partial charge >= 0.3 is 5.97 Å². The molecule has 3 rings (SSSR count). The molecule has 0 spiro atoms. The van der Waals surface area contributed by atoms with Crippen molar-refractivity contribution in [3.63, 3.8) is 0 Å². The molecule has 2 heterocycles. The Balaban J connectivity index is 1.72. The SMILES string of the molecule is O=C(O)C1CCCCN1C(=O)c1cccc(OCc2cccs2)c1. The van der Waals surface area contributed by atoms with Crippen LogP contribution in [0.15, 0.2) is 41.8 Å². The Bertz CT molecular complexity index is 714. The minimum atomic E-state index is -0.937. The van der Waals surface area contributed by atoms with Crippen LogP contribution in [0.3, 0.4) is 0 Å². The van der Waals surface area contributed by atoms with E-state index in [2.05, 4.69) is 0 Å². The van der Waals surface area contributed by atoms with E-state index in [0.717, 1.165) is 17.7 Å². The quantitative estimate of drug-likeness (QED) is 0.902. The second-order valence-corrected chi connectivity index (χ2v) is 6.78. The molecular formula is C18H19NO4S. The van der Waals surface area contributed by atoms with E-state index >= 15 is 0 Å². The van der Waals surface area contributed by atoms with Crippen LogP contribution >= 0.6 is 11.3 Å². The summed E-state index contributed by atoms with van der Waals surface area (Å²) < 4.78 is 5.73. The maximum atomic E-state index is 12.7. The predicted molar refractivity (Wildman–Crippen MR) is 91.4 cm³/mol. The molecule has 1 aliphatic rings.